The van der Waals surface area contributed by atoms with E-state index in [1.807, 2.05) is 17.0 Å². The number of halogens is 1. The van der Waals surface area contributed by atoms with Gasteiger partial charge in [0.1, 0.15) is 5.82 Å². The highest BCUT2D eigenvalue weighted by atomic mass is 19.1. The lowest BCUT2D eigenvalue weighted by Gasteiger charge is -2.35. The molecule has 3 rings (SSSR count). The number of benzene rings is 1. The van der Waals surface area contributed by atoms with Gasteiger partial charge in [-0.1, -0.05) is 6.07 Å². The van der Waals surface area contributed by atoms with Gasteiger partial charge in [-0.25, -0.2) is 4.39 Å². The van der Waals surface area contributed by atoms with E-state index in [2.05, 4.69) is 34.4 Å². The third-order valence-electron chi connectivity index (χ3n) is 5.65. The van der Waals surface area contributed by atoms with Gasteiger partial charge in [-0.2, -0.15) is 0 Å². The number of piperidine rings is 1. The Labute approximate surface area is 168 Å². The van der Waals surface area contributed by atoms with Crippen LogP contribution in [-0.2, 0) is 11.3 Å². The van der Waals surface area contributed by atoms with Gasteiger partial charge >= 0.3 is 0 Å². The Morgan fingerprint density at radius 2 is 1.93 bits per heavy atom. The monoisotopic (exact) mass is 391 g/mol. The van der Waals surface area contributed by atoms with E-state index in [0.29, 0.717) is 37.5 Å². The maximum atomic E-state index is 14.6. The molecule has 0 aromatic heterocycles. The lowest BCUT2D eigenvalue weighted by atomic mass is 10.0. The highest BCUT2D eigenvalue weighted by Gasteiger charge is 2.21. The molecule has 0 bridgehead atoms. The van der Waals surface area contributed by atoms with E-state index in [9.17, 15) is 4.39 Å². The quantitative estimate of drug-likeness (QED) is 0.595. The van der Waals surface area contributed by atoms with Gasteiger partial charge in [-0.05, 0) is 44.4 Å². The Bertz CT molecular complexity index is 652. The molecule has 0 unspecified atom stereocenters. The van der Waals surface area contributed by atoms with E-state index in [0.717, 1.165) is 50.5 Å². The number of guanidine groups is 1. The standard InChI is InChI=1S/C21H34FN5O/c1-16(2)26-8-6-18(7-9-26)25-21(23-3)24-15-17-4-5-20(19(22)14-17)27-10-12-28-13-11-27/h4-5,14,16,18H,6-13,15H2,1-3H3,(H2,23,24,25). The maximum Gasteiger partial charge on any atom is 0.191 e. The Morgan fingerprint density at radius 1 is 1.21 bits per heavy atom. The van der Waals surface area contributed by atoms with E-state index in [1.54, 1.807) is 13.1 Å². The average molecular weight is 392 g/mol. The summed E-state index contributed by atoms with van der Waals surface area (Å²) in [4.78, 5) is 8.88. The van der Waals surface area contributed by atoms with Crippen LogP contribution >= 0.6 is 0 Å². The fourth-order valence-corrected chi connectivity index (χ4v) is 3.86. The second-order valence-electron chi connectivity index (χ2n) is 7.86. The first-order valence-corrected chi connectivity index (χ1v) is 10.4. The number of hydrogen-bond donors (Lipinski definition) is 2. The summed E-state index contributed by atoms with van der Waals surface area (Å²) >= 11 is 0. The largest absolute Gasteiger partial charge is 0.378 e. The minimum Gasteiger partial charge on any atom is -0.378 e. The van der Waals surface area contributed by atoms with Crippen LogP contribution in [0.5, 0.6) is 0 Å². The molecular formula is C21H34FN5O. The topological polar surface area (TPSA) is 52.1 Å². The number of likely N-dealkylation sites (tertiary alicyclic amines) is 1. The predicted octanol–water partition coefficient (Wildman–Crippen LogP) is 2.20. The number of morpholine rings is 1. The van der Waals surface area contributed by atoms with Crippen LogP contribution in [0.1, 0.15) is 32.3 Å². The second-order valence-corrected chi connectivity index (χ2v) is 7.86. The van der Waals surface area contributed by atoms with E-state index in [1.165, 1.54) is 0 Å². The van der Waals surface area contributed by atoms with Gasteiger partial charge in [0, 0.05) is 51.9 Å². The Hall–Kier alpha value is -1.86. The van der Waals surface area contributed by atoms with Gasteiger partial charge in [-0.15, -0.1) is 0 Å². The molecule has 0 aliphatic carbocycles. The first-order chi connectivity index (χ1) is 13.6. The van der Waals surface area contributed by atoms with Gasteiger partial charge in [0.15, 0.2) is 5.96 Å². The summed E-state index contributed by atoms with van der Waals surface area (Å²) < 4.78 is 19.9. The Morgan fingerprint density at radius 3 is 2.54 bits per heavy atom. The van der Waals surface area contributed by atoms with Crippen molar-refractivity contribution >= 4 is 11.6 Å². The molecule has 156 valence electrons. The summed E-state index contributed by atoms with van der Waals surface area (Å²) in [7, 11) is 1.78. The molecule has 2 fully saturated rings. The van der Waals surface area contributed by atoms with Gasteiger partial charge in [-0.3, -0.25) is 4.99 Å². The van der Waals surface area contributed by atoms with Crippen molar-refractivity contribution in [3.63, 3.8) is 0 Å². The van der Waals surface area contributed by atoms with Crippen molar-refractivity contribution in [3.8, 4) is 0 Å². The highest BCUT2D eigenvalue weighted by Crippen LogP contribution is 2.21. The minimum atomic E-state index is -0.176. The molecule has 28 heavy (non-hydrogen) atoms. The first-order valence-electron chi connectivity index (χ1n) is 10.4. The van der Waals surface area contributed by atoms with E-state index < -0.39 is 0 Å². The first kappa shape index (κ1) is 20.9. The van der Waals surface area contributed by atoms with Crippen LogP contribution in [0.3, 0.4) is 0 Å². The summed E-state index contributed by atoms with van der Waals surface area (Å²) in [5, 5.41) is 6.83. The van der Waals surface area contributed by atoms with E-state index in [-0.39, 0.29) is 5.82 Å². The molecule has 2 heterocycles. The minimum absolute atomic E-state index is 0.176. The van der Waals surface area contributed by atoms with Crippen molar-refractivity contribution in [1.29, 1.82) is 0 Å². The molecular weight excluding hydrogens is 357 g/mol. The van der Waals surface area contributed by atoms with Crippen LogP contribution in [-0.4, -0.2) is 69.4 Å². The van der Waals surface area contributed by atoms with Crippen molar-refractivity contribution in [1.82, 2.24) is 15.5 Å². The fraction of sp³-hybridized carbons (Fsp3) is 0.667. The molecule has 0 radical (unpaired) electrons. The number of rotatable bonds is 5. The van der Waals surface area contributed by atoms with Gasteiger partial charge in [0.05, 0.1) is 18.9 Å². The van der Waals surface area contributed by atoms with Crippen molar-refractivity contribution in [3.05, 3.63) is 29.6 Å². The fourth-order valence-electron chi connectivity index (χ4n) is 3.86. The van der Waals surface area contributed by atoms with E-state index in [4.69, 9.17) is 4.74 Å². The molecule has 1 aromatic rings. The average Bonchev–Trinajstić information content (AvgIpc) is 2.72. The number of nitrogens with one attached hydrogen (secondary N) is 2. The summed E-state index contributed by atoms with van der Waals surface area (Å²) in [6.07, 6.45) is 2.23. The van der Waals surface area contributed by atoms with E-state index >= 15 is 0 Å². The van der Waals surface area contributed by atoms with Gasteiger partial charge < -0.3 is 25.2 Å². The lowest BCUT2D eigenvalue weighted by Crippen LogP contribution is -2.49. The second kappa shape index (κ2) is 10.1. The van der Waals surface area contributed by atoms with Crippen molar-refractivity contribution < 1.29 is 9.13 Å². The van der Waals surface area contributed by atoms with Gasteiger partial charge in [0.2, 0.25) is 0 Å². The van der Waals surface area contributed by atoms with Gasteiger partial charge in [0.25, 0.3) is 0 Å². The number of aliphatic imine (C=N–C) groups is 1. The van der Waals surface area contributed by atoms with Crippen molar-refractivity contribution in [2.45, 2.75) is 45.3 Å². The molecule has 1 aromatic carbocycles. The van der Waals surface area contributed by atoms with Crippen LogP contribution in [0.4, 0.5) is 10.1 Å². The number of ether oxygens (including phenoxy) is 1. The molecule has 2 saturated heterocycles. The molecule has 2 aliphatic rings. The van der Waals surface area contributed by atoms with Crippen molar-refractivity contribution in [2.24, 2.45) is 4.99 Å². The normalized spacial score (nSPS) is 19.9. The zero-order valence-corrected chi connectivity index (χ0v) is 17.4. The molecule has 0 atom stereocenters. The molecule has 0 saturated carbocycles. The summed E-state index contributed by atoms with van der Waals surface area (Å²) in [6, 6.07) is 6.51. The van der Waals surface area contributed by atoms with Crippen molar-refractivity contribution in [2.75, 3.05) is 51.3 Å². The molecule has 0 amide bonds. The zero-order valence-electron chi connectivity index (χ0n) is 17.4. The van der Waals surface area contributed by atoms with Crippen LogP contribution in [0.25, 0.3) is 0 Å². The van der Waals surface area contributed by atoms with Crippen LogP contribution in [0, 0.1) is 5.82 Å². The molecule has 7 heteroatoms. The lowest BCUT2D eigenvalue weighted by molar-refractivity contribution is 0.122. The summed E-state index contributed by atoms with van der Waals surface area (Å²) in [5.41, 5.74) is 1.57. The SMILES string of the molecule is CN=C(NCc1ccc(N2CCOCC2)c(F)c1)NC1CCN(C(C)C)CC1. The predicted molar refractivity (Wildman–Crippen MR) is 112 cm³/mol. The number of hydrogen-bond acceptors (Lipinski definition) is 4. The molecule has 2 aliphatic heterocycles. The smallest absolute Gasteiger partial charge is 0.191 e. The molecule has 6 nitrogen and oxygen atoms in total. The number of nitrogens with zero attached hydrogens (tertiary/aromatic N) is 3. The summed E-state index contributed by atoms with van der Waals surface area (Å²) in [5.74, 6) is 0.603. The van der Waals surface area contributed by atoms with Crippen LogP contribution < -0.4 is 15.5 Å². The Balaban J connectivity index is 1.49. The highest BCUT2D eigenvalue weighted by molar-refractivity contribution is 5.80. The Kier molecular flexibility index (Phi) is 7.50. The zero-order chi connectivity index (χ0) is 19.9. The van der Waals surface area contributed by atoms with Crippen LogP contribution in [0.2, 0.25) is 0 Å². The van der Waals surface area contributed by atoms with Crippen LogP contribution in [0.15, 0.2) is 23.2 Å². The third-order valence-corrected chi connectivity index (χ3v) is 5.65. The third kappa shape index (κ3) is 5.58. The summed E-state index contributed by atoms with van der Waals surface area (Å²) in [6.45, 7) is 10.0. The number of anilines is 1. The maximum absolute atomic E-state index is 14.6. The molecule has 0 spiro atoms. The molecule has 2 N–H and O–H groups in total.